The van der Waals surface area contributed by atoms with E-state index in [1.165, 1.54) is 0 Å². The largest absolute Gasteiger partial charge is 0.379 e. The van der Waals surface area contributed by atoms with E-state index in [4.69, 9.17) is 4.74 Å². The number of imidazole rings is 1. The van der Waals surface area contributed by atoms with Crippen molar-refractivity contribution in [3.8, 4) is 0 Å². The maximum atomic E-state index is 10.2. The third-order valence-corrected chi connectivity index (χ3v) is 2.65. The lowest BCUT2D eigenvalue weighted by Crippen LogP contribution is -2.38. The summed E-state index contributed by atoms with van der Waals surface area (Å²) < 4.78 is 7.05. The molecule has 0 fully saturated rings. The number of hydrogen-bond donors (Lipinski definition) is 1. The van der Waals surface area contributed by atoms with Crippen LogP contribution >= 0.6 is 0 Å². The summed E-state index contributed by atoms with van der Waals surface area (Å²) in [7, 11) is 1.58. The number of rotatable bonds is 4. The Balaban J connectivity index is 3.02. The molecule has 14 heavy (non-hydrogen) atoms. The zero-order chi connectivity index (χ0) is 10.8. The minimum absolute atomic E-state index is 0.282. The Labute approximate surface area is 84.5 Å². The second-order valence-electron chi connectivity index (χ2n) is 3.56. The van der Waals surface area contributed by atoms with Gasteiger partial charge in [0.2, 0.25) is 0 Å². The van der Waals surface area contributed by atoms with Crippen molar-refractivity contribution in [1.82, 2.24) is 9.55 Å². The van der Waals surface area contributed by atoms with Crippen molar-refractivity contribution in [1.29, 1.82) is 0 Å². The number of ether oxygens (including phenoxy) is 1. The van der Waals surface area contributed by atoms with Gasteiger partial charge in [0, 0.05) is 26.0 Å². The minimum Gasteiger partial charge on any atom is -0.379 e. The topological polar surface area (TPSA) is 47.3 Å². The summed E-state index contributed by atoms with van der Waals surface area (Å²) in [5, 5.41) is 10.2. The van der Waals surface area contributed by atoms with Gasteiger partial charge in [-0.05, 0) is 20.8 Å². The van der Waals surface area contributed by atoms with Crippen molar-refractivity contribution in [2.24, 2.45) is 0 Å². The molecule has 4 heteroatoms. The highest BCUT2D eigenvalue weighted by molar-refractivity contribution is 5.05. The van der Waals surface area contributed by atoms with Crippen LogP contribution in [0.5, 0.6) is 0 Å². The molecule has 0 bridgehead atoms. The molecule has 0 saturated heterocycles. The van der Waals surface area contributed by atoms with Crippen LogP contribution in [0.3, 0.4) is 0 Å². The van der Waals surface area contributed by atoms with Crippen molar-refractivity contribution >= 4 is 0 Å². The Hall–Kier alpha value is -0.870. The van der Waals surface area contributed by atoms with Crippen molar-refractivity contribution < 1.29 is 9.84 Å². The van der Waals surface area contributed by atoms with Gasteiger partial charge >= 0.3 is 0 Å². The van der Waals surface area contributed by atoms with Gasteiger partial charge in [-0.25, -0.2) is 4.98 Å². The van der Waals surface area contributed by atoms with Crippen LogP contribution in [0.25, 0.3) is 0 Å². The van der Waals surface area contributed by atoms with E-state index in [1.54, 1.807) is 20.2 Å². The van der Waals surface area contributed by atoms with Gasteiger partial charge in [-0.2, -0.15) is 0 Å². The highest BCUT2D eigenvalue weighted by atomic mass is 16.5. The van der Waals surface area contributed by atoms with E-state index < -0.39 is 5.60 Å². The number of hydrogen-bond acceptors (Lipinski definition) is 3. The summed E-state index contributed by atoms with van der Waals surface area (Å²) in [6.07, 6.45) is 3.26. The van der Waals surface area contributed by atoms with Crippen molar-refractivity contribution in [3.05, 3.63) is 18.2 Å². The Kier molecular flexibility index (Phi) is 3.29. The Bertz CT molecular complexity index is 294. The van der Waals surface area contributed by atoms with Crippen LogP contribution in [0.2, 0.25) is 0 Å². The predicted octanol–water partition coefficient (Wildman–Crippen LogP) is 1.15. The summed E-state index contributed by atoms with van der Waals surface area (Å²) in [6, 6.07) is 0. The van der Waals surface area contributed by atoms with E-state index in [-0.39, 0.29) is 6.10 Å². The Morgan fingerprint density at radius 2 is 2.36 bits per heavy atom. The number of methoxy groups -OCH3 is 1. The summed E-state index contributed by atoms with van der Waals surface area (Å²) in [5.74, 6) is 0.648. The van der Waals surface area contributed by atoms with Gasteiger partial charge in [-0.1, -0.05) is 0 Å². The molecule has 0 aromatic carbocycles. The molecule has 1 aromatic heterocycles. The number of aryl methyl sites for hydroxylation is 1. The van der Waals surface area contributed by atoms with Crippen LogP contribution in [0.1, 0.15) is 26.6 Å². The quantitative estimate of drug-likeness (QED) is 0.789. The fraction of sp³-hybridized carbons (Fsp3) is 0.700. The van der Waals surface area contributed by atoms with Gasteiger partial charge in [0.15, 0.2) is 0 Å². The molecule has 80 valence electrons. The summed E-state index contributed by atoms with van der Waals surface area (Å²) >= 11 is 0. The molecular weight excluding hydrogens is 180 g/mol. The van der Waals surface area contributed by atoms with Crippen LogP contribution < -0.4 is 0 Å². The number of aliphatic hydroxyl groups is 1. The second-order valence-corrected chi connectivity index (χ2v) is 3.56. The molecule has 1 rings (SSSR count). The number of nitrogens with zero attached hydrogens (tertiary/aromatic N) is 2. The van der Waals surface area contributed by atoms with Crippen LogP contribution in [0.15, 0.2) is 12.4 Å². The molecule has 0 amide bonds. The Morgan fingerprint density at radius 3 is 2.86 bits per heavy atom. The van der Waals surface area contributed by atoms with E-state index in [0.717, 1.165) is 6.54 Å². The van der Waals surface area contributed by atoms with Gasteiger partial charge in [0.05, 0.1) is 6.10 Å². The van der Waals surface area contributed by atoms with Gasteiger partial charge in [-0.3, -0.25) is 0 Å². The van der Waals surface area contributed by atoms with Crippen LogP contribution in [0, 0.1) is 0 Å². The van der Waals surface area contributed by atoms with Crippen LogP contribution in [-0.2, 0) is 16.9 Å². The molecule has 4 nitrogen and oxygen atoms in total. The predicted molar refractivity (Wildman–Crippen MR) is 53.9 cm³/mol. The number of aromatic nitrogens is 2. The fourth-order valence-electron chi connectivity index (χ4n) is 1.42. The monoisotopic (exact) mass is 198 g/mol. The summed E-state index contributed by atoms with van der Waals surface area (Å²) in [6.45, 7) is 6.35. The first kappa shape index (κ1) is 11.2. The summed E-state index contributed by atoms with van der Waals surface area (Å²) in [4.78, 5) is 4.16. The normalized spacial score (nSPS) is 17.8. The lowest BCUT2D eigenvalue weighted by molar-refractivity contribution is -0.0844. The van der Waals surface area contributed by atoms with Crippen molar-refractivity contribution in [2.45, 2.75) is 39.0 Å². The average molecular weight is 198 g/mol. The molecule has 1 N–H and O–H groups in total. The molecule has 1 aromatic rings. The Morgan fingerprint density at radius 1 is 1.71 bits per heavy atom. The van der Waals surface area contributed by atoms with Crippen LogP contribution in [-0.4, -0.2) is 27.9 Å². The minimum atomic E-state index is -1.05. The van der Waals surface area contributed by atoms with Gasteiger partial charge < -0.3 is 14.4 Å². The summed E-state index contributed by atoms with van der Waals surface area (Å²) in [5.41, 5.74) is -1.05. The molecule has 0 spiro atoms. The van der Waals surface area contributed by atoms with Gasteiger partial charge in [-0.15, -0.1) is 0 Å². The van der Waals surface area contributed by atoms with E-state index in [9.17, 15) is 5.11 Å². The first-order chi connectivity index (χ1) is 6.54. The van der Waals surface area contributed by atoms with E-state index in [2.05, 4.69) is 4.98 Å². The molecule has 0 saturated carbocycles. The molecule has 0 aliphatic carbocycles. The smallest absolute Gasteiger partial charge is 0.145 e. The zero-order valence-corrected chi connectivity index (χ0v) is 9.19. The highest BCUT2D eigenvalue weighted by Gasteiger charge is 2.34. The highest BCUT2D eigenvalue weighted by Crippen LogP contribution is 2.24. The zero-order valence-electron chi connectivity index (χ0n) is 9.19. The first-order valence-electron chi connectivity index (χ1n) is 4.80. The first-order valence-corrected chi connectivity index (χ1v) is 4.80. The van der Waals surface area contributed by atoms with Crippen LogP contribution in [0.4, 0.5) is 0 Å². The fourth-order valence-corrected chi connectivity index (χ4v) is 1.42. The van der Waals surface area contributed by atoms with Gasteiger partial charge in [0.1, 0.15) is 11.4 Å². The van der Waals surface area contributed by atoms with Gasteiger partial charge in [0.25, 0.3) is 0 Å². The molecule has 2 atom stereocenters. The van der Waals surface area contributed by atoms with Crippen molar-refractivity contribution in [3.63, 3.8) is 0 Å². The molecule has 0 aliphatic rings. The average Bonchev–Trinajstić information content (AvgIpc) is 2.64. The lowest BCUT2D eigenvalue weighted by atomic mass is 9.99. The molecule has 2 unspecified atom stereocenters. The maximum absolute atomic E-state index is 10.2. The molecule has 1 heterocycles. The standard InChI is InChI=1S/C10H18N2O2/c1-5-12-7-6-11-9(12)10(3,13)8(2)14-4/h6-8,13H,5H2,1-4H3. The van der Waals surface area contributed by atoms with E-state index in [1.807, 2.05) is 24.6 Å². The third-order valence-electron chi connectivity index (χ3n) is 2.65. The maximum Gasteiger partial charge on any atom is 0.145 e. The molecule has 0 radical (unpaired) electrons. The van der Waals surface area contributed by atoms with E-state index >= 15 is 0 Å². The molecular formula is C10H18N2O2. The van der Waals surface area contributed by atoms with E-state index in [0.29, 0.717) is 5.82 Å². The lowest BCUT2D eigenvalue weighted by Gasteiger charge is -2.28. The SMILES string of the molecule is CCn1ccnc1C(C)(O)C(C)OC. The third kappa shape index (κ3) is 1.81. The second kappa shape index (κ2) is 4.11. The van der Waals surface area contributed by atoms with Crippen molar-refractivity contribution in [2.75, 3.05) is 7.11 Å². The molecule has 0 aliphatic heterocycles.